The molecule has 6 heteroatoms. The van der Waals surface area contributed by atoms with Crippen LogP contribution in [0.5, 0.6) is 0 Å². The Labute approximate surface area is 125 Å². The maximum absolute atomic E-state index is 6.07. The molecule has 1 aliphatic carbocycles. The molecule has 0 amide bonds. The van der Waals surface area contributed by atoms with E-state index in [0.29, 0.717) is 10.6 Å². The Morgan fingerprint density at radius 2 is 2.10 bits per heavy atom. The van der Waals surface area contributed by atoms with Gasteiger partial charge >= 0.3 is 0 Å². The number of halogens is 1. The second kappa shape index (κ2) is 7.09. The predicted molar refractivity (Wildman–Crippen MR) is 82.5 cm³/mol. The summed E-state index contributed by atoms with van der Waals surface area (Å²) in [6.45, 7) is 1.71. The molecule has 2 rings (SSSR count). The summed E-state index contributed by atoms with van der Waals surface area (Å²) in [5.41, 5.74) is 1.08. The molecule has 1 aromatic heterocycles. The summed E-state index contributed by atoms with van der Waals surface area (Å²) in [6, 6.07) is 0. The molecule has 112 valence electrons. The van der Waals surface area contributed by atoms with Crippen molar-refractivity contribution in [3.8, 4) is 0 Å². The van der Waals surface area contributed by atoms with Crippen molar-refractivity contribution in [1.29, 1.82) is 0 Å². The van der Waals surface area contributed by atoms with Crippen LogP contribution in [0.15, 0.2) is 6.33 Å². The maximum atomic E-state index is 6.07. The van der Waals surface area contributed by atoms with E-state index >= 15 is 0 Å². The van der Waals surface area contributed by atoms with E-state index in [1.54, 1.807) is 7.11 Å². The number of hydrogen-bond acceptors (Lipinski definition) is 5. The fourth-order valence-corrected chi connectivity index (χ4v) is 3.18. The van der Waals surface area contributed by atoms with Gasteiger partial charge in [-0.15, -0.1) is 0 Å². The minimum absolute atomic E-state index is 0.318. The van der Waals surface area contributed by atoms with E-state index in [2.05, 4.69) is 20.6 Å². The van der Waals surface area contributed by atoms with Gasteiger partial charge in [-0.25, -0.2) is 9.97 Å². The van der Waals surface area contributed by atoms with Gasteiger partial charge in [-0.2, -0.15) is 0 Å². The lowest BCUT2D eigenvalue weighted by molar-refractivity contribution is 0.143. The van der Waals surface area contributed by atoms with E-state index in [0.717, 1.165) is 31.1 Å². The van der Waals surface area contributed by atoms with Crippen LogP contribution in [0.3, 0.4) is 0 Å². The minimum atomic E-state index is 0.318. The zero-order valence-electron chi connectivity index (χ0n) is 12.2. The van der Waals surface area contributed by atoms with E-state index in [9.17, 15) is 0 Å². The highest BCUT2D eigenvalue weighted by Crippen LogP contribution is 2.41. The Bertz CT molecular complexity index is 435. The second-order valence-corrected chi connectivity index (χ2v) is 5.80. The largest absolute Gasteiger partial charge is 0.385 e. The van der Waals surface area contributed by atoms with Crippen LogP contribution in [0.4, 0.5) is 11.5 Å². The number of nitrogens with one attached hydrogen (secondary N) is 2. The number of aromatic nitrogens is 2. The van der Waals surface area contributed by atoms with Gasteiger partial charge < -0.3 is 15.4 Å². The molecule has 0 bridgehead atoms. The van der Waals surface area contributed by atoms with Crippen molar-refractivity contribution < 1.29 is 4.74 Å². The lowest BCUT2D eigenvalue weighted by Gasteiger charge is -2.29. The second-order valence-electron chi connectivity index (χ2n) is 5.44. The van der Waals surface area contributed by atoms with Crippen LogP contribution in [-0.4, -0.2) is 37.3 Å². The van der Waals surface area contributed by atoms with Crippen LogP contribution in [0.2, 0.25) is 5.15 Å². The molecule has 0 spiro atoms. The van der Waals surface area contributed by atoms with Crippen molar-refractivity contribution in [2.75, 3.05) is 37.9 Å². The third-order valence-electron chi connectivity index (χ3n) is 4.18. The normalized spacial score (nSPS) is 17.1. The molecular weight excluding hydrogens is 276 g/mol. The number of hydrogen-bond donors (Lipinski definition) is 2. The first-order chi connectivity index (χ1) is 9.71. The molecule has 0 unspecified atom stereocenters. The minimum Gasteiger partial charge on any atom is -0.385 e. The summed E-state index contributed by atoms with van der Waals surface area (Å²) in [7, 11) is 3.59. The van der Waals surface area contributed by atoms with E-state index < -0.39 is 0 Å². The average molecular weight is 299 g/mol. The molecule has 0 radical (unpaired) electrons. The Morgan fingerprint density at radius 3 is 2.75 bits per heavy atom. The zero-order valence-corrected chi connectivity index (χ0v) is 13.0. The maximum Gasteiger partial charge on any atom is 0.157 e. The quantitative estimate of drug-likeness (QED) is 0.757. The van der Waals surface area contributed by atoms with Crippen LogP contribution in [0.1, 0.15) is 32.1 Å². The van der Waals surface area contributed by atoms with Crippen LogP contribution in [-0.2, 0) is 4.74 Å². The molecule has 0 aliphatic heterocycles. The number of nitrogens with zero attached hydrogens (tertiary/aromatic N) is 2. The first-order valence-electron chi connectivity index (χ1n) is 7.12. The average Bonchev–Trinajstić information content (AvgIpc) is 2.92. The van der Waals surface area contributed by atoms with Gasteiger partial charge in [-0.3, -0.25) is 0 Å². The third kappa shape index (κ3) is 3.52. The summed E-state index contributed by atoms with van der Waals surface area (Å²) in [6.07, 6.45) is 7.67. The highest BCUT2D eigenvalue weighted by atomic mass is 35.5. The number of methoxy groups -OCH3 is 1. The molecule has 1 heterocycles. The molecule has 1 aliphatic rings. The Balaban J connectivity index is 2.04. The molecule has 2 N–H and O–H groups in total. The molecule has 0 atom stereocenters. The molecule has 1 fully saturated rings. The molecule has 20 heavy (non-hydrogen) atoms. The van der Waals surface area contributed by atoms with Gasteiger partial charge in [0.25, 0.3) is 0 Å². The Hall–Kier alpha value is -1.07. The van der Waals surface area contributed by atoms with E-state index in [-0.39, 0.29) is 0 Å². The van der Waals surface area contributed by atoms with E-state index in [4.69, 9.17) is 16.3 Å². The van der Waals surface area contributed by atoms with Crippen LogP contribution < -0.4 is 10.6 Å². The Morgan fingerprint density at radius 1 is 1.35 bits per heavy atom. The topological polar surface area (TPSA) is 59.1 Å². The fraction of sp³-hybridized carbons (Fsp3) is 0.714. The fourth-order valence-electron chi connectivity index (χ4n) is 2.95. The first kappa shape index (κ1) is 15.3. The monoisotopic (exact) mass is 298 g/mol. The van der Waals surface area contributed by atoms with Crippen molar-refractivity contribution in [2.24, 2.45) is 5.41 Å². The van der Waals surface area contributed by atoms with E-state index in [1.807, 2.05) is 7.05 Å². The smallest absolute Gasteiger partial charge is 0.157 e. The lowest BCUT2D eigenvalue weighted by Crippen LogP contribution is -2.28. The van der Waals surface area contributed by atoms with Gasteiger partial charge in [-0.1, -0.05) is 24.4 Å². The highest BCUT2D eigenvalue weighted by Gasteiger charge is 2.33. The number of rotatable bonds is 7. The van der Waals surface area contributed by atoms with Gasteiger partial charge in [0.15, 0.2) is 11.0 Å². The molecule has 0 saturated heterocycles. The SMILES string of the molecule is CNc1c(Cl)ncnc1NCC1(CCOC)CCCC1. The summed E-state index contributed by atoms with van der Waals surface area (Å²) in [5, 5.41) is 6.94. The van der Waals surface area contributed by atoms with Gasteiger partial charge in [0.05, 0.1) is 0 Å². The first-order valence-corrected chi connectivity index (χ1v) is 7.50. The van der Waals surface area contributed by atoms with Crippen LogP contribution >= 0.6 is 11.6 Å². The lowest BCUT2D eigenvalue weighted by atomic mass is 9.83. The van der Waals surface area contributed by atoms with Gasteiger partial charge in [0.2, 0.25) is 0 Å². The molecule has 1 saturated carbocycles. The van der Waals surface area contributed by atoms with Gasteiger partial charge in [-0.05, 0) is 24.7 Å². The summed E-state index contributed by atoms with van der Waals surface area (Å²) in [4.78, 5) is 8.27. The Kier molecular flexibility index (Phi) is 5.43. The van der Waals surface area contributed by atoms with Gasteiger partial charge in [0.1, 0.15) is 12.0 Å². The van der Waals surface area contributed by atoms with Crippen molar-refractivity contribution >= 4 is 23.1 Å². The predicted octanol–water partition coefficient (Wildman–Crippen LogP) is 3.18. The zero-order chi connectivity index (χ0) is 14.4. The number of anilines is 2. The van der Waals surface area contributed by atoms with Crippen LogP contribution in [0, 0.1) is 5.41 Å². The molecule has 0 aromatic carbocycles. The molecule has 5 nitrogen and oxygen atoms in total. The van der Waals surface area contributed by atoms with Gasteiger partial charge in [0, 0.05) is 27.3 Å². The van der Waals surface area contributed by atoms with Crippen molar-refractivity contribution in [3.63, 3.8) is 0 Å². The van der Waals surface area contributed by atoms with Crippen LogP contribution in [0.25, 0.3) is 0 Å². The van der Waals surface area contributed by atoms with Crippen molar-refractivity contribution in [2.45, 2.75) is 32.1 Å². The van der Waals surface area contributed by atoms with Crippen molar-refractivity contribution in [1.82, 2.24) is 9.97 Å². The van der Waals surface area contributed by atoms with E-state index in [1.165, 1.54) is 32.0 Å². The standard InChI is InChI=1S/C14H23ClN4O/c1-16-11-12(15)18-10-19-13(11)17-9-14(7-8-20-2)5-3-4-6-14/h10,16H,3-9H2,1-2H3,(H,17,18,19). The summed E-state index contributed by atoms with van der Waals surface area (Å²) in [5.74, 6) is 0.774. The van der Waals surface area contributed by atoms with Crippen molar-refractivity contribution in [3.05, 3.63) is 11.5 Å². The highest BCUT2D eigenvalue weighted by molar-refractivity contribution is 6.32. The third-order valence-corrected chi connectivity index (χ3v) is 4.47. The summed E-state index contributed by atoms with van der Waals surface area (Å²) >= 11 is 6.07. The number of ether oxygens (including phenoxy) is 1. The molecular formula is C14H23ClN4O. The molecule has 1 aromatic rings. The summed E-state index contributed by atoms with van der Waals surface area (Å²) < 4.78 is 5.26.